The van der Waals surface area contributed by atoms with E-state index >= 15 is 0 Å². The van der Waals surface area contributed by atoms with Crippen LogP contribution in [0.3, 0.4) is 0 Å². The van der Waals surface area contributed by atoms with Crippen molar-refractivity contribution in [1.82, 2.24) is 0 Å². The van der Waals surface area contributed by atoms with Crippen molar-refractivity contribution in [1.29, 1.82) is 0 Å². The number of benzene rings is 16. The average Bonchev–Trinajstić information content (AvgIpc) is 1.65. The van der Waals surface area contributed by atoms with Crippen LogP contribution in [-0.4, -0.2) is 18.3 Å². The molecule has 0 aliphatic carbocycles. The lowest BCUT2D eigenvalue weighted by Crippen LogP contribution is -2.41. The number of halogens is 2. The van der Waals surface area contributed by atoms with Crippen molar-refractivity contribution < 1.29 is 9.31 Å². The first-order valence-corrected chi connectivity index (χ1v) is 40.1. The molecule has 1 aliphatic heterocycles. The van der Waals surface area contributed by atoms with Crippen molar-refractivity contribution in [3.63, 3.8) is 0 Å². The van der Waals surface area contributed by atoms with Crippen molar-refractivity contribution in [3.8, 4) is 44.5 Å². The molecule has 113 heavy (non-hydrogen) atoms. The molecule has 0 amide bonds. The summed E-state index contributed by atoms with van der Waals surface area (Å²) in [5, 5.41) is 0. The van der Waals surface area contributed by atoms with Gasteiger partial charge in [0.25, 0.3) is 0 Å². The first-order chi connectivity index (χ1) is 55.4. The van der Waals surface area contributed by atoms with Crippen molar-refractivity contribution in [3.05, 3.63) is 519 Å². The van der Waals surface area contributed by atoms with Gasteiger partial charge >= 0.3 is 7.12 Å². The van der Waals surface area contributed by atoms with Crippen molar-refractivity contribution in [2.45, 2.75) is 38.9 Å². The fraction of sp³-hybridized carbons (Fsp3) is 0.0556. The maximum atomic E-state index is 6.38. The summed E-state index contributed by atoms with van der Waals surface area (Å²) < 4.78 is 15.0. The molecular formula is C108H85BBr2O2. The first kappa shape index (κ1) is 76.1. The van der Waals surface area contributed by atoms with E-state index in [1.54, 1.807) is 0 Å². The lowest BCUT2D eigenvalue weighted by molar-refractivity contribution is 0.00578. The van der Waals surface area contributed by atoms with Gasteiger partial charge in [0.15, 0.2) is 0 Å². The molecule has 5 heteroatoms. The molecule has 16 aromatic carbocycles. The minimum atomic E-state index is -0.408. The molecule has 0 unspecified atom stereocenters. The highest BCUT2D eigenvalue weighted by molar-refractivity contribution is 9.10. The van der Waals surface area contributed by atoms with Gasteiger partial charge in [-0.25, -0.2) is 0 Å². The molecule has 17 rings (SSSR count). The zero-order valence-electron chi connectivity index (χ0n) is 63.8. The first-order valence-electron chi connectivity index (χ1n) is 38.5. The second-order valence-electron chi connectivity index (χ2n) is 29.1. The molecule has 1 saturated heterocycles. The zero-order chi connectivity index (χ0) is 77.4. The maximum absolute atomic E-state index is 6.38. The SMILES string of the molecule is Brc1cccc(-c2cccc(Br)c2)c1.CC1(C)OB(c2cccc(C(=C(c3ccccc3)c3ccccc3)c3ccccc3)c2)OC1(C)C.c1ccc(C(=C(c2ccccc2)c2cccc(-c3cccc(-c4cccc(-c5cccc(C(=C(c6ccccc6)c6ccccc6)c6ccccc6)c5)c4)c3)c2)c2ccccc2)cc1. The van der Waals surface area contributed by atoms with Crippen LogP contribution >= 0.6 is 31.9 Å². The Morgan fingerprint density at radius 2 is 0.363 bits per heavy atom. The maximum Gasteiger partial charge on any atom is 0.494 e. The smallest absolute Gasteiger partial charge is 0.399 e. The van der Waals surface area contributed by atoms with Gasteiger partial charge in [0.1, 0.15) is 0 Å². The second kappa shape index (κ2) is 35.8. The molecule has 1 heterocycles. The van der Waals surface area contributed by atoms with Gasteiger partial charge < -0.3 is 9.31 Å². The van der Waals surface area contributed by atoms with E-state index < -0.39 is 7.12 Å². The van der Waals surface area contributed by atoms with Crippen molar-refractivity contribution in [2.24, 2.45) is 0 Å². The van der Waals surface area contributed by atoms with Gasteiger partial charge in [-0.2, -0.15) is 0 Å². The molecular weight excluding hydrogens is 1500 g/mol. The monoisotopic (exact) mass is 1580 g/mol. The van der Waals surface area contributed by atoms with Crippen LogP contribution in [0.2, 0.25) is 0 Å². The molecule has 546 valence electrons. The third-order valence-electron chi connectivity index (χ3n) is 21.0. The van der Waals surface area contributed by atoms with E-state index in [1.807, 2.05) is 24.3 Å². The van der Waals surface area contributed by atoms with Gasteiger partial charge in [0.05, 0.1) is 11.2 Å². The predicted molar refractivity (Wildman–Crippen MR) is 485 cm³/mol. The van der Waals surface area contributed by atoms with Crippen LogP contribution in [0.4, 0.5) is 0 Å². The summed E-state index contributed by atoms with van der Waals surface area (Å²) in [6, 6.07) is 158. The van der Waals surface area contributed by atoms with Gasteiger partial charge in [0, 0.05) is 8.95 Å². The third-order valence-corrected chi connectivity index (χ3v) is 22.0. The number of hydrogen-bond acceptors (Lipinski definition) is 2. The van der Waals surface area contributed by atoms with E-state index in [0.29, 0.717) is 0 Å². The molecule has 0 saturated carbocycles. The third kappa shape index (κ3) is 18.2. The molecule has 16 aromatic rings. The van der Waals surface area contributed by atoms with E-state index in [2.05, 4.69) is 478 Å². The minimum absolute atomic E-state index is 0.384. The Labute approximate surface area is 683 Å². The fourth-order valence-electron chi connectivity index (χ4n) is 14.8. The molecule has 0 aromatic heterocycles. The predicted octanol–water partition coefficient (Wildman–Crippen LogP) is 28.6. The van der Waals surface area contributed by atoms with Gasteiger partial charge in [-0.15, -0.1) is 0 Å². The molecule has 0 bridgehead atoms. The highest BCUT2D eigenvalue weighted by atomic mass is 79.9. The van der Waals surface area contributed by atoms with Gasteiger partial charge in [-0.1, -0.05) is 426 Å². The lowest BCUT2D eigenvalue weighted by Gasteiger charge is -2.32. The topological polar surface area (TPSA) is 18.5 Å². The number of rotatable bonds is 17. The number of hydrogen-bond donors (Lipinski definition) is 0. The molecule has 2 nitrogen and oxygen atoms in total. The second-order valence-corrected chi connectivity index (χ2v) is 30.9. The molecule has 0 atom stereocenters. The largest absolute Gasteiger partial charge is 0.494 e. The molecule has 1 fully saturated rings. The fourth-order valence-corrected chi connectivity index (χ4v) is 15.6. The van der Waals surface area contributed by atoms with E-state index in [1.165, 1.54) is 139 Å². The highest BCUT2D eigenvalue weighted by Gasteiger charge is 2.51. The normalized spacial score (nSPS) is 12.4. The standard InChI is InChI=1S/C64H46.C32H31BO2.C12H8Br2/c1-7-23-47(24-8-1)61(48-25-9-2-10-26-48)63(51-31-15-5-16-32-51)59-41-21-39-57(45-59)55-37-19-35-53(43-55)54-36-20-38-56(44-54)58-40-22-42-60(46-58)64(52-33-17-6-18-34-52)62(49-27-11-3-12-28-49)50-29-13-4-14-30-50;1-31(2)32(3,4)35-33(34-31)28-22-14-21-27(23-28)30(26-19-12-7-13-20-26)29(24-15-8-5-9-16-24)25-17-10-6-11-18-25;13-11-5-1-3-9(7-11)10-4-2-6-12(14)8-10/h1-46H;5-23H,1-4H3;1-8H. The van der Waals surface area contributed by atoms with Crippen LogP contribution in [-0.2, 0) is 9.31 Å². The average molecular weight is 1590 g/mol. The quantitative estimate of drug-likeness (QED) is 0.0668. The molecule has 0 spiro atoms. The molecule has 0 N–H and O–H groups in total. The Morgan fingerprint density at radius 3 is 0.602 bits per heavy atom. The Morgan fingerprint density at radius 1 is 0.186 bits per heavy atom. The molecule has 0 radical (unpaired) electrons. The van der Waals surface area contributed by atoms with Crippen LogP contribution in [0, 0.1) is 0 Å². The Hall–Kier alpha value is -12.3. The van der Waals surface area contributed by atoms with Crippen molar-refractivity contribution in [2.75, 3.05) is 0 Å². The summed E-state index contributed by atoms with van der Waals surface area (Å²) in [6.45, 7) is 8.37. The highest BCUT2D eigenvalue weighted by Crippen LogP contribution is 2.44. The summed E-state index contributed by atoms with van der Waals surface area (Å²) in [5.74, 6) is 0. The van der Waals surface area contributed by atoms with Crippen molar-refractivity contribution >= 4 is 77.9 Å². The van der Waals surface area contributed by atoms with Crippen LogP contribution in [0.1, 0.15) is 94.5 Å². The minimum Gasteiger partial charge on any atom is -0.399 e. The lowest BCUT2D eigenvalue weighted by atomic mass is 9.76. The van der Waals surface area contributed by atoms with E-state index in [4.69, 9.17) is 9.31 Å². The molecule has 1 aliphatic rings. The van der Waals surface area contributed by atoms with Crippen LogP contribution in [0.15, 0.2) is 452 Å². The zero-order valence-corrected chi connectivity index (χ0v) is 67.0. The van der Waals surface area contributed by atoms with Gasteiger partial charge in [0.2, 0.25) is 0 Å². The van der Waals surface area contributed by atoms with E-state index in [0.717, 1.165) is 20.0 Å². The Kier molecular flexibility index (Phi) is 24.1. The van der Waals surface area contributed by atoms with E-state index in [-0.39, 0.29) is 11.2 Å². The summed E-state index contributed by atoms with van der Waals surface area (Å²) in [4.78, 5) is 0. The Bertz CT molecular complexity index is 5560. The van der Waals surface area contributed by atoms with Crippen LogP contribution in [0.25, 0.3) is 77.9 Å². The summed E-state index contributed by atoms with van der Waals surface area (Å²) in [6.07, 6.45) is 0. The van der Waals surface area contributed by atoms with Crippen LogP contribution in [0.5, 0.6) is 0 Å². The van der Waals surface area contributed by atoms with E-state index in [9.17, 15) is 0 Å². The Balaban J connectivity index is 0.000000170. The summed E-state index contributed by atoms with van der Waals surface area (Å²) in [7, 11) is -0.408. The summed E-state index contributed by atoms with van der Waals surface area (Å²) in [5.41, 5.74) is 31.1. The van der Waals surface area contributed by atoms with Gasteiger partial charge in [-0.3, -0.25) is 0 Å². The summed E-state index contributed by atoms with van der Waals surface area (Å²) >= 11 is 6.93. The van der Waals surface area contributed by atoms with Gasteiger partial charge in [-0.05, 0) is 226 Å². The van der Waals surface area contributed by atoms with Crippen LogP contribution < -0.4 is 5.46 Å².